The van der Waals surface area contributed by atoms with Crippen molar-refractivity contribution in [2.45, 2.75) is 37.9 Å². The summed E-state index contributed by atoms with van der Waals surface area (Å²) in [6.45, 7) is 4.31. The van der Waals surface area contributed by atoms with Crippen molar-refractivity contribution in [3.8, 4) is 0 Å². The summed E-state index contributed by atoms with van der Waals surface area (Å²) < 4.78 is 5.35. The van der Waals surface area contributed by atoms with Gasteiger partial charge in [-0.3, -0.25) is 0 Å². The van der Waals surface area contributed by atoms with Crippen LogP contribution in [0.5, 0.6) is 0 Å². The minimum atomic E-state index is 0.875. The van der Waals surface area contributed by atoms with Crippen LogP contribution < -0.4 is 0 Å². The van der Waals surface area contributed by atoms with Crippen LogP contribution in [0.25, 0.3) is 0 Å². The van der Waals surface area contributed by atoms with Crippen molar-refractivity contribution in [2.75, 3.05) is 24.3 Å². The summed E-state index contributed by atoms with van der Waals surface area (Å²) in [6, 6.07) is 0. The molecule has 0 aromatic carbocycles. The first-order chi connectivity index (χ1) is 6.83. The number of halogens is 1. The Morgan fingerprint density at radius 3 is 2.71 bits per heavy atom. The number of hydrogen-bond acceptors (Lipinski definition) is 2. The SMILES string of the molecule is CC(CCBr)CCSC1CCOCC1. The number of rotatable bonds is 6. The standard InChI is InChI=1S/C11H21BrOS/c1-10(2-6-12)5-9-14-11-3-7-13-8-4-11/h10-11H,2-9H2,1H3. The van der Waals surface area contributed by atoms with Crippen LogP contribution in [0.1, 0.15) is 32.6 Å². The number of alkyl halides is 1. The van der Waals surface area contributed by atoms with Gasteiger partial charge in [-0.15, -0.1) is 0 Å². The van der Waals surface area contributed by atoms with Crippen LogP contribution in [-0.4, -0.2) is 29.5 Å². The third kappa shape index (κ3) is 5.62. The average molecular weight is 281 g/mol. The zero-order chi connectivity index (χ0) is 10.2. The second kappa shape index (κ2) is 8.00. The molecule has 0 N–H and O–H groups in total. The van der Waals surface area contributed by atoms with E-state index in [4.69, 9.17) is 4.74 Å². The highest BCUT2D eigenvalue weighted by Crippen LogP contribution is 2.24. The van der Waals surface area contributed by atoms with Gasteiger partial charge in [0, 0.05) is 23.8 Å². The second-order valence-corrected chi connectivity index (χ2v) is 6.26. The Morgan fingerprint density at radius 2 is 2.07 bits per heavy atom. The van der Waals surface area contributed by atoms with Gasteiger partial charge in [-0.05, 0) is 37.4 Å². The highest BCUT2D eigenvalue weighted by molar-refractivity contribution is 9.09. The number of hydrogen-bond donors (Lipinski definition) is 0. The van der Waals surface area contributed by atoms with E-state index in [0.29, 0.717) is 0 Å². The highest BCUT2D eigenvalue weighted by atomic mass is 79.9. The Labute approximate surface area is 100 Å². The van der Waals surface area contributed by atoms with E-state index in [2.05, 4.69) is 34.6 Å². The molecule has 1 atom stereocenters. The van der Waals surface area contributed by atoms with Crippen molar-refractivity contribution < 1.29 is 4.74 Å². The summed E-state index contributed by atoms with van der Waals surface area (Å²) in [4.78, 5) is 0. The maximum absolute atomic E-state index is 5.35. The van der Waals surface area contributed by atoms with Crippen molar-refractivity contribution in [3.05, 3.63) is 0 Å². The minimum Gasteiger partial charge on any atom is -0.381 e. The Hall–Kier alpha value is 0.790. The van der Waals surface area contributed by atoms with Gasteiger partial charge in [-0.1, -0.05) is 22.9 Å². The lowest BCUT2D eigenvalue weighted by Crippen LogP contribution is -2.18. The van der Waals surface area contributed by atoms with Crippen molar-refractivity contribution in [1.82, 2.24) is 0 Å². The summed E-state index contributed by atoms with van der Waals surface area (Å²) in [5.41, 5.74) is 0. The third-order valence-corrected chi connectivity index (χ3v) is 4.61. The highest BCUT2D eigenvalue weighted by Gasteiger charge is 2.13. The van der Waals surface area contributed by atoms with Crippen LogP contribution in [-0.2, 0) is 4.74 Å². The predicted molar refractivity (Wildman–Crippen MR) is 68.5 cm³/mol. The molecule has 3 heteroatoms. The molecule has 1 aliphatic rings. The van der Waals surface area contributed by atoms with Crippen LogP contribution in [0, 0.1) is 5.92 Å². The molecule has 0 bridgehead atoms. The molecule has 0 radical (unpaired) electrons. The Kier molecular flexibility index (Phi) is 7.35. The normalized spacial score (nSPS) is 21.0. The zero-order valence-corrected chi connectivity index (χ0v) is 11.4. The molecule has 14 heavy (non-hydrogen) atoms. The lowest BCUT2D eigenvalue weighted by molar-refractivity contribution is 0.1000. The molecule has 84 valence electrons. The quantitative estimate of drug-likeness (QED) is 0.686. The lowest BCUT2D eigenvalue weighted by atomic mass is 10.1. The van der Waals surface area contributed by atoms with Crippen LogP contribution in [0.4, 0.5) is 0 Å². The van der Waals surface area contributed by atoms with Gasteiger partial charge in [0.2, 0.25) is 0 Å². The number of ether oxygens (including phenoxy) is 1. The molecule has 0 aromatic rings. The largest absolute Gasteiger partial charge is 0.381 e. The van der Waals surface area contributed by atoms with E-state index in [0.717, 1.165) is 29.7 Å². The summed E-state index contributed by atoms with van der Waals surface area (Å²) in [7, 11) is 0. The minimum absolute atomic E-state index is 0.875. The molecule has 0 spiro atoms. The summed E-state index contributed by atoms with van der Waals surface area (Å²) in [6.07, 6.45) is 5.21. The molecule has 1 unspecified atom stereocenters. The molecule has 1 heterocycles. The van der Waals surface area contributed by atoms with Crippen molar-refractivity contribution >= 4 is 27.7 Å². The molecule has 0 saturated carbocycles. The molecule has 1 saturated heterocycles. The molecule has 1 nitrogen and oxygen atoms in total. The van der Waals surface area contributed by atoms with Gasteiger partial charge in [0.15, 0.2) is 0 Å². The molecule has 0 aromatic heterocycles. The van der Waals surface area contributed by atoms with Crippen LogP contribution in [0.2, 0.25) is 0 Å². The van der Waals surface area contributed by atoms with Gasteiger partial charge in [0.25, 0.3) is 0 Å². The molecule has 0 aliphatic carbocycles. The van der Waals surface area contributed by atoms with E-state index in [-0.39, 0.29) is 0 Å². The van der Waals surface area contributed by atoms with Crippen molar-refractivity contribution in [3.63, 3.8) is 0 Å². The van der Waals surface area contributed by atoms with Gasteiger partial charge >= 0.3 is 0 Å². The van der Waals surface area contributed by atoms with E-state index in [9.17, 15) is 0 Å². The Morgan fingerprint density at radius 1 is 1.36 bits per heavy atom. The number of thioether (sulfide) groups is 1. The fourth-order valence-electron chi connectivity index (χ4n) is 1.61. The third-order valence-electron chi connectivity index (χ3n) is 2.73. The van der Waals surface area contributed by atoms with E-state index >= 15 is 0 Å². The Bertz CT molecular complexity index is 137. The fraction of sp³-hybridized carbons (Fsp3) is 1.00. The lowest BCUT2D eigenvalue weighted by Gasteiger charge is -2.22. The molecule has 0 amide bonds. The maximum atomic E-state index is 5.35. The first-order valence-corrected chi connectivity index (χ1v) is 7.75. The van der Waals surface area contributed by atoms with E-state index < -0.39 is 0 Å². The van der Waals surface area contributed by atoms with Crippen LogP contribution in [0.15, 0.2) is 0 Å². The first-order valence-electron chi connectivity index (χ1n) is 5.58. The monoisotopic (exact) mass is 280 g/mol. The summed E-state index contributed by atoms with van der Waals surface area (Å²) in [5, 5.41) is 2.02. The molecular formula is C11H21BrOS. The van der Waals surface area contributed by atoms with Crippen LogP contribution >= 0.6 is 27.7 Å². The van der Waals surface area contributed by atoms with Gasteiger partial charge in [0.05, 0.1) is 0 Å². The van der Waals surface area contributed by atoms with Gasteiger partial charge in [0.1, 0.15) is 0 Å². The van der Waals surface area contributed by atoms with Gasteiger partial charge in [-0.2, -0.15) is 11.8 Å². The zero-order valence-electron chi connectivity index (χ0n) is 9.01. The van der Waals surface area contributed by atoms with Crippen molar-refractivity contribution in [1.29, 1.82) is 0 Å². The molecular weight excluding hydrogens is 260 g/mol. The summed E-state index contributed by atoms with van der Waals surface area (Å²) >= 11 is 5.65. The fourth-order valence-corrected chi connectivity index (χ4v) is 3.79. The van der Waals surface area contributed by atoms with E-state index in [1.807, 2.05) is 0 Å². The van der Waals surface area contributed by atoms with Gasteiger partial charge in [-0.25, -0.2) is 0 Å². The van der Waals surface area contributed by atoms with Crippen molar-refractivity contribution in [2.24, 2.45) is 5.92 Å². The average Bonchev–Trinajstić information content (AvgIpc) is 2.20. The maximum Gasteiger partial charge on any atom is 0.0476 e. The smallest absolute Gasteiger partial charge is 0.0476 e. The van der Waals surface area contributed by atoms with Crippen LogP contribution in [0.3, 0.4) is 0 Å². The summed E-state index contributed by atoms with van der Waals surface area (Å²) in [5.74, 6) is 2.21. The molecule has 1 aliphatic heterocycles. The van der Waals surface area contributed by atoms with E-state index in [1.54, 1.807) is 0 Å². The van der Waals surface area contributed by atoms with Gasteiger partial charge < -0.3 is 4.74 Å². The first kappa shape index (κ1) is 12.9. The second-order valence-electron chi connectivity index (χ2n) is 4.05. The topological polar surface area (TPSA) is 9.23 Å². The molecule has 1 rings (SSSR count). The molecule has 1 fully saturated rings. The predicted octanol–water partition coefficient (Wildman–Crippen LogP) is 3.71. The van der Waals surface area contributed by atoms with E-state index in [1.165, 1.54) is 31.4 Å². The Balaban J connectivity index is 1.96.